The molecular formula is C33H34N4O7S. The van der Waals surface area contributed by atoms with Crippen molar-refractivity contribution in [1.82, 2.24) is 10.7 Å². The molecule has 0 fully saturated rings. The van der Waals surface area contributed by atoms with Gasteiger partial charge in [0, 0.05) is 12.6 Å². The Morgan fingerprint density at radius 3 is 2.20 bits per heavy atom. The van der Waals surface area contributed by atoms with E-state index in [4.69, 9.17) is 14.2 Å². The van der Waals surface area contributed by atoms with Crippen molar-refractivity contribution < 1.29 is 32.2 Å². The number of amides is 2. The van der Waals surface area contributed by atoms with Crippen molar-refractivity contribution >= 4 is 33.7 Å². The highest BCUT2D eigenvalue weighted by Gasteiger charge is 2.28. The molecule has 2 amide bonds. The zero-order valence-corrected chi connectivity index (χ0v) is 25.9. The van der Waals surface area contributed by atoms with Crippen LogP contribution < -0.4 is 29.3 Å². The molecule has 2 N–H and O–H groups in total. The van der Waals surface area contributed by atoms with Gasteiger partial charge in [0.05, 0.1) is 31.0 Å². The van der Waals surface area contributed by atoms with E-state index in [-0.39, 0.29) is 23.1 Å². The third-order valence-corrected chi connectivity index (χ3v) is 8.32. The Balaban J connectivity index is 1.38. The van der Waals surface area contributed by atoms with Crippen molar-refractivity contribution in [3.8, 4) is 17.2 Å². The van der Waals surface area contributed by atoms with E-state index in [9.17, 15) is 18.0 Å². The average Bonchev–Trinajstić information content (AvgIpc) is 3.06. The molecule has 0 atom stereocenters. The maximum Gasteiger partial charge on any atom is 0.264 e. The highest BCUT2D eigenvalue weighted by Crippen LogP contribution is 2.33. The highest BCUT2D eigenvalue weighted by atomic mass is 32.2. The van der Waals surface area contributed by atoms with Crippen LogP contribution in [-0.2, 0) is 26.2 Å². The number of methoxy groups -OCH3 is 2. The van der Waals surface area contributed by atoms with E-state index in [0.717, 1.165) is 15.4 Å². The summed E-state index contributed by atoms with van der Waals surface area (Å²) < 4.78 is 44.4. The molecule has 4 aromatic rings. The lowest BCUT2D eigenvalue weighted by Crippen LogP contribution is -2.39. The number of carbonyl (C=O) groups is 2. The quantitative estimate of drug-likeness (QED) is 0.159. The largest absolute Gasteiger partial charge is 0.493 e. The van der Waals surface area contributed by atoms with Crippen LogP contribution in [-0.4, -0.2) is 53.8 Å². The van der Waals surface area contributed by atoms with E-state index in [1.807, 2.05) is 37.3 Å². The van der Waals surface area contributed by atoms with Gasteiger partial charge in [-0.25, -0.2) is 13.8 Å². The molecule has 0 saturated carbocycles. The van der Waals surface area contributed by atoms with Gasteiger partial charge in [-0.1, -0.05) is 48.0 Å². The number of ether oxygens (including phenoxy) is 3. The van der Waals surface area contributed by atoms with Crippen LogP contribution in [0.1, 0.15) is 16.7 Å². The molecule has 0 aliphatic carbocycles. The number of carbonyl (C=O) groups excluding carboxylic acids is 2. The second-order valence-corrected chi connectivity index (χ2v) is 11.6. The SMILES string of the molecule is COc1ccc(N(CC(=O)N/N=C\c2ccc(OCC(=O)NCc3ccccc3)cc2)S(=O)(=O)c2ccc(C)cc2)cc1OC. The van der Waals surface area contributed by atoms with E-state index < -0.39 is 22.5 Å². The summed E-state index contributed by atoms with van der Waals surface area (Å²) in [6.45, 7) is 1.57. The number of nitrogens with zero attached hydrogens (tertiary/aromatic N) is 2. The average molecular weight is 631 g/mol. The molecule has 0 aliphatic rings. The normalized spacial score (nSPS) is 11.1. The lowest BCUT2D eigenvalue weighted by Gasteiger charge is -2.24. The molecule has 11 nitrogen and oxygen atoms in total. The molecule has 234 valence electrons. The number of rotatable bonds is 14. The smallest absolute Gasteiger partial charge is 0.264 e. The summed E-state index contributed by atoms with van der Waals surface area (Å²) in [5.74, 6) is 0.276. The maximum atomic E-state index is 13.7. The summed E-state index contributed by atoms with van der Waals surface area (Å²) in [7, 11) is -1.24. The molecule has 4 aromatic carbocycles. The minimum Gasteiger partial charge on any atom is -0.493 e. The molecule has 0 unspecified atom stereocenters. The molecule has 0 heterocycles. The van der Waals surface area contributed by atoms with Crippen LogP contribution in [0, 0.1) is 6.92 Å². The highest BCUT2D eigenvalue weighted by molar-refractivity contribution is 7.92. The first-order valence-electron chi connectivity index (χ1n) is 13.9. The fourth-order valence-corrected chi connectivity index (χ4v) is 5.54. The number of hydrogen-bond donors (Lipinski definition) is 2. The Morgan fingerprint density at radius 1 is 0.844 bits per heavy atom. The van der Waals surface area contributed by atoms with Gasteiger partial charge in [-0.3, -0.25) is 13.9 Å². The first-order chi connectivity index (χ1) is 21.7. The summed E-state index contributed by atoms with van der Waals surface area (Å²) in [6, 6.07) is 27.2. The summed E-state index contributed by atoms with van der Waals surface area (Å²) in [4.78, 5) is 25.0. The van der Waals surface area contributed by atoms with Crippen molar-refractivity contribution in [1.29, 1.82) is 0 Å². The zero-order chi connectivity index (χ0) is 32.2. The number of aryl methyl sites for hydroxylation is 1. The fraction of sp³-hybridized carbons (Fsp3) is 0.182. The Labute approximate surface area is 262 Å². The Bertz CT molecular complexity index is 1730. The lowest BCUT2D eigenvalue weighted by molar-refractivity contribution is -0.123. The zero-order valence-electron chi connectivity index (χ0n) is 25.1. The molecule has 0 spiro atoms. The first kappa shape index (κ1) is 32.6. The molecule has 45 heavy (non-hydrogen) atoms. The van der Waals surface area contributed by atoms with E-state index >= 15 is 0 Å². The van der Waals surface area contributed by atoms with Crippen LogP contribution in [0.4, 0.5) is 5.69 Å². The van der Waals surface area contributed by atoms with E-state index in [2.05, 4.69) is 15.8 Å². The predicted molar refractivity (Wildman–Crippen MR) is 171 cm³/mol. The van der Waals surface area contributed by atoms with Gasteiger partial charge in [-0.05, 0) is 66.6 Å². The number of anilines is 1. The topological polar surface area (TPSA) is 136 Å². The summed E-state index contributed by atoms with van der Waals surface area (Å²) in [6.07, 6.45) is 1.41. The van der Waals surface area contributed by atoms with Crippen LogP contribution in [0.3, 0.4) is 0 Å². The van der Waals surface area contributed by atoms with Crippen LogP contribution in [0.5, 0.6) is 17.2 Å². The van der Waals surface area contributed by atoms with E-state index in [1.165, 1.54) is 44.7 Å². The van der Waals surface area contributed by atoms with Gasteiger partial charge in [0.2, 0.25) is 0 Å². The predicted octanol–water partition coefficient (Wildman–Crippen LogP) is 4.05. The number of hydrogen-bond acceptors (Lipinski definition) is 8. The third-order valence-electron chi connectivity index (χ3n) is 6.54. The maximum absolute atomic E-state index is 13.7. The number of nitrogens with one attached hydrogen (secondary N) is 2. The van der Waals surface area contributed by atoms with Gasteiger partial charge in [0.25, 0.3) is 21.8 Å². The van der Waals surface area contributed by atoms with Gasteiger partial charge in [0.1, 0.15) is 12.3 Å². The van der Waals surface area contributed by atoms with Crippen LogP contribution >= 0.6 is 0 Å². The van der Waals surface area contributed by atoms with Crippen LogP contribution in [0.2, 0.25) is 0 Å². The second kappa shape index (κ2) is 15.4. The van der Waals surface area contributed by atoms with Crippen molar-refractivity contribution in [3.63, 3.8) is 0 Å². The molecule has 0 aromatic heterocycles. The van der Waals surface area contributed by atoms with Crippen molar-refractivity contribution in [3.05, 3.63) is 114 Å². The molecule has 0 saturated heterocycles. The monoisotopic (exact) mass is 630 g/mol. The van der Waals surface area contributed by atoms with Crippen molar-refractivity contribution in [2.45, 2.75) is 18.4 Å². The standard InChI is InChI=1S/C33H34N4O7S/c1-24-9-16-29(17-10-24)45(40,41)37(27-13-18-30(42-2)31(19-27)43-3)22-32(38)36-35-21-26-11-14-28(15-12-26)44-23-33(39)34-20-25-7-5-4-6-8-25/h4-19,21H,20,22-23H2,1-3H3,(H,34,39)(H,36,38)/b35-21-. The van der Waals surface area contributed by atoms with Crippen LogP contribution in [0.15, 0.2) is 107 Å². The van der Waals surface area contributed by atoms with Gasteiger partial charge < -0.3 is 19.5 Å². The number of sulfonamides is 1. The number of benzene rings is 4. The van der Waals surface area contributed by atoms with E-state index in [0.29, 0.717) is 29.4 Å². The molecule has 0 radical (unpaired) electrons. The van der Waals surface area contributed by atoms with Gasteiger partial charge in [-0.2, -0.15) is 5.10 Å². The summed E-state index contributed by atoms with van der Waals surface area (Å²) >= 11 is 0. The van der Waals surface area contributed by atoms with E-state index in [1.54, 1.807) is 42.5 Å². The molecular weight excluding hydrogens is 596 g/mol. The van der Waals surface area contributed by atoms with Crippen molar-refractivity contribution in [2.75, 3.05) is 31.7 Å². The lowest BCUT2D eigenvalue weighted by atomic mass is 10.2. The summed E-state index contributed by atoms with van der Waals surface area (Å²) in [5, 5.41) is 6.77. The Kier molecular flexibility index (Phi) is 11.1. The van der Waals surface area contributed by atoms with Crippen LogP contribution in [0.25, 0.3) is 0 Å². The van der Waals surface area contributed by atoms with Gasteiger partial charge in [-0.15, -0.1) is 0 Å². The molecule has 4 rings (SSSR count). The fourth-order valence-electron chi connectivity index (χ4n) is 4.12. The minimum absolute atomic E-state index is 0.0233. The third kappa shape index (κ3) is 9.07. The Morgan fingerprint density at radius 2 is 1.53 bits per heavy atom. The molecule has 0 aliphatic heterocycles. The number of hydrazone groups is 1. The molecule has 12 heteroatoms. The summed E-state index contributed by atoms with van der Waals surface area (Å²) in [5.41, 5.74) is 5.11. The second-order valence-electron chi connectivity index (χ2n) is 9.78. The Hall–Kier alpha value is -5.36. The minimum atomic E-state index is -4.14. The first-order valence-corrected chi connectivity index (χ1v) is 15.3. The van der Waals surface area contributed by atoms with Gasteiger partial charge >= 0.3 is 0 Å². The van der Waals surface area contributed by atoms with Gasteiger partial charge in [0.15, 0.2) is 18.1 Å². The molecule has 0 bridgehead atoms. The van der Waals surface area contributed by atoms with Crippen molar-refractivity contribution in [2.24, 2.45) is 5.10 Å².